The summed E-state index contributed by atoms with van der Waals surface area (Å²) in [5.41, 5.74) is 7.08. The number of carbonyl (C=O) groups is 1. The molecule has 5 heteroatoms. The molecule has 0 bridgehead atoms. The molecule has 4 nitrogen and oxygen atoms in total. The number of nitrogens with one attached hydrogen (secondary N) is 1. The summed E-state index contributed by atoms with van der Waals surface area (Å²) in [6.07, 6.45) is 0.420. The van der Waals surface area contributed by atoms with Crippen LogP contribution in [-0.2, 0) is 4.79 Å². The molecule has 0 heterocycles. The highest BCUT2D eigenvalue weighted by Crippen LogP contribution is 2.24. The monoisotopic (exact) mass is 311 g/mol. The summed E-state index contributed by atoms with van der Waals surface area (Å²) in [6, 6.07) is 5.44. The minimum Gasteiger partial charge on any atom is -0.397 e. The predicted molar refractivity (Wildman–Crippen MR) is 90.7 cm³/mol. The van der Waals surface area contributed by atoms with Crippen LogP contribution < -0.4 is 11.1 Å². The third kappa shape index (κ3) is 5.56. The maximum absolute atomic E-state index is 12.0. The summed E-state index contributed by atoms with van der Waals surface area (Å²) in [5.74, 6) is -0.0584. The van der Waals surface area contributed by atoms with Gasteiger partial charge in [0.2, 0.25) is 5.91 Å². The molecule has 1 amide bonds. The van der Waals surface area contributed by atoms with Crippen LogP contribution in [0.3, 0.4) is 0 Å². The van der Waals surface area contributed by atoms with E-state index < -0.39 is 0 Å². The fourth-order valence-electron chi connectivity index (χ4n) is 1.98. The molecular weight excluding hydrogens is 286 g/mol. The lowest BCUT2D eigenvalue weighted by Crippen LogP contribution is -2.40. The van der Waals surface area contributed by atoms with Gasteiger partial charge >= 0.3 is 0 Å². The van der Waals surface area contributed by atoms with Gasteiger partial charge in [0, 0.05) is 24.0 Å². The standard InChI is InChI=1S/C16H26ClN3O/c1-11(16(2,3)4)20(5)9-8-15(21)19-14-10-12(17)6-7-13(14)18/h6-7,10-11H,8-9,18H2,1-5H3,(H,19,21). The van der Waals surface area contributed by atoms with Gasteiger partial charge in [-0.05, 0) is 37.6 Å². The van der Waals surface area contributed by atoms with Crippen molar-refractivity contribution in [2.24, 2.45) is 5.41 Å². The molecule has 21 heavy (non-hydrogen) atoms. The van der Waals surface area contributed by atoms with E-state index in [0.717, 1.165) is 0 Å². The first-order valence-corrected chi connectivity index (χ1v) is 7.54. The summed E-state index contributed by atoms with van der Waals surface area (Å²) in [7, 11) is 2.04. The van der Waals surface area contributed by atoms with Crippen molar-refractivity contribution in [3.05, 3.63) is 23.2 Å². The van der Waals surface area contributed by atoms with Crippen molar-refractivity contribution in [3.63, 3.8) is 0 Å². The van der Waals surface area contributed by atoms with E-state index in [4.69, 9.17) is 17.3 Å². The predicted octanol–water partition coefficient (Wildman–Crippen LogP) is 3.62. The molecule has 3 N–H and O–H groups in total. The Hall–Kier alpha value is -1.26. The van der Waals surface area contributed by atoms with Gasteiger partial charge in [0.1, 0.15) is 0 Å². The quantitative estimate of drug-likeness (QED) is 0.817. The molecule has 0 fully saturated rings. The van der Waals surface area contributed by atoms with Crippen LogP contribution in [0.5, 0.6) is 0 Å². The second-order valence-corrected chi connectivity index (χ2v) is 6.99. The number of nitrogens with two attached hydrogens (primary N) is 1. The Bertz CT molecular complexity index is 497. The lowest BCUT2D eigenvalue weighted by atomic mass is 9.87. The van der Waals surface area contributed by atoms with Crippen molar-refractivity contribution in [3.8, 4) is 0 Å². The number of benzene rings is 1. The highest BCUT2D eigenvalue weighted by atomic mass is 35.5. The highest BCUT2D eigenvalue weighted by molar-refractivity contribution is 6.31. The van der Waals surface area contributed by atoms with E-state index in [1.807, 2.05) is 7.05 Å². The second kappa shape index (κ2) is 7.14. The number of hydrogen-bond acceptors (Lipinski definition) is 3. The van der Waals surface area contributed by atoms with Gasteiger partial charge < -0.3 is 16.0 Å². The van der Waals surface area contributed by atoms with Crippen LogP contribution in [-0.4, -0.2) is 30.4 Å². The molecule has 1 atom stereocenters. The van der Waals surface area contributed by atoms with E-state index in [1.54, 1.807) is 18.2 Å². The minimum atomic E-state index is -0.0584. The van der Waals surface area contributed by atoms with Gasteiger partial charge in [0.25, 0.3) is 0 Å². The molecule has 1 aromatic carbocycles. The van der Waals surface area contributed by atoms with Gasteiger partial charge in [-0.1, -0.05) is 32.4 Å². The molecule has 0 aliphatic rings. The van der Waals surface area contributed by atoms with Crippen LogP contribution in [0.2, 0.25) is 5.02 Å². The normalized spacial score (nSPS) is 13.3. The smallest absolute Gasteiger partial charge is 0.225 e. The zero-order valence-electron chi connectivity index (χ0n) is 13.5. The van der Waals surface area contributed by atoms with Gasteiger partial charge in [-0.3, -0.25) is 4.79 Å². The van der Waals surface area contributed by atoms with Crippen LogP contribution in [0, 0.1) is 5.41 Å². The molecule has 0 aliphatic heterocycles. The Morgan fingerprint density at radius 3 is 2.62 bits per heavy atom. The van der Waals surface area contributed by atoms with Crippen LogP contribution in [0.25, 0.3) is 0 Å². The molecular formula is C16H26ClN3O. The molecule has 0 radical (unpaired) electrons. The van der Waals surface area contributed by atoms with Crippen molar-refractivity contribution in [2.75, 3.05) is 24.6 Å². The zero-order valence-corrected chi connectivity index (χ0v) is 14.3. The Morgan fingerprint density at radius 2 is 2.05 bits per heavy atom. The largest absolute Gasteiger partial charge is 0.397 e. The van der Waals surface area contributed by atoms with E-state index in [9.17, 15) is 4.79 Å². The molecule has 0 spiro atoms. The molecule has 0 saturated heterocycles. The first-order chi connectivity index (χ1) is 9.61. The lowest BCUT2D eigenvalue weighted by Gasteiger charge is -2.35. The Morgan fingerprint density at radius 1 is 1.43 bits per heavy atom. The van der Waals surface area contributed by atoms with Gasteiger partial charge in [-0.2, -0.15) is 0 Å². The summed E-state index contributed by atoms with van der Waals surface area (Å²) >= 11 is 5.90. The summed E-state index contributed by atoms with van der Waals surface area (Å²) < 4.78 is 0. The molecule has 0 aliphatic carbocycles. The second-order valence-electron chi connectivity index (χ2n) is 6.55. The zero-order chi connectivity index (χ0) is 16.2. The minimum absolute atomic E-state index is 0.0584. The molecule has 0 aromatic heterocycles. The van der Waals surface area contributed by atoms with E-state index in [-0.39, 0.29) is 11.3 Å². The summed E-state index contributed by atoms with van der Waals surface area (Å²) in [6.45, 7) is 9.46. The van der Waals surface area contributed by atoms with Gasteiger partial charge in [0.15, 0.2) is 0 Å². The number of amides is 1. The maximum Gasteiger partial charge on any atom is 0.225 e. The average Bonchev–Trinajstić information content (AvgIpc) is 2.38. The summed E-state index contributed by atoms with van der Waals surface area (Å²) in [5, 5.41) is 3.36. The number of anilines is 2. The molecule has 1 aromatic rings. The van der Waals surface area contributed by atoms with Crippen LogP contribution in [0.15, 0.2) is 18.2 Å². The number of halogens is 1. The van der Waals surface area contributed by atoms with E-state index in [2.05, 4.69) is 37.9 Å². The third-order valence-corrected chi connectivity index (χ3v) is 4.13. The molecule has 0 saturated carbocycles. The van der Waals surface area contributed by atoms with E-state index >= 15 is 0 Å². The van der Waals surface area contributed by atoms with Crippen molar-refractivity contribution in [1.82, 2.24) is 4.90 Å². The molecule has 1 unspecified atom stereocenters. The van der Waals surface area contributed by atoms with Crippen molar-refractivity contribution in [1.29, 1.82) is 0 Å². The molecule has 1 rings (SSSR count). The van der Waals surface area contributed by atoms with Crippen LogP contribution >= 0.6 is 11.6 Å². The number of rotatable bonds is 5. The Labute approximate surface area is 132 Å². The van der Waals surface area contributed by atoms with Crippen LogP contribution in [0.1, 0.15) is 34.1 Å². The Kier molecular flexibility index (Phi) is 6.05. The van der Waals surface area contributed by atoms with E-state index in [1.165, 1.54) is 0 Å². The fourth-order valence-corrected chi connectivity index (χ4v) is 2.15. The van der Waals surface area contributed by atoms with Crippen molar-refractivity contribution < 1.29 is 4.79 Å². The first kappa shape index (κ1) is 17.8. The SMILES string of the molecule is CC(N(C)CCC(=O)Nc1cc(Cl)ccc1N)C(C)(C)C. The Balaban J connectivity index is 2.53. The number of nitrogen functional groups attached to an aromatic ring is 1. The number of carbonyl (C=O) groups excluding carboxylic acids is 1. The fraction of sp³-hybridized carbons (Fsp3) is 0.562. The maximum atomic E-state index is 12.0. The van der Waals surface area contributed by atoms with Gasteiger partial charge in [0.05, 0.1) is 11.4 Å². The number of hydrogen-bond donors (Lipinski definition) is 2. The van der Waals surface area contributed by atoms with Crippen molar-refractivity contribution in [2.45, 2.75) is 40.2 Å². The topological polar surface area (TPSA) is 58.4 Å². The van der Waals surface area contributed by atoms with Gasteiger partial charge in [-0.25, -0.2) is 0 Å². The third-order valence-electron chi connectivity index (χ3n) is 3.90. The average molecular weight is 312 g/mol. The van der Waals surface area contributed by atoms with Gasteiger partial charge in [-0.15, -0.1) is 0 Å². The highest BCUT2D eigenvalue weighted by Gasteiger charge is 2.23. The number of nitrogens with zero attached hydrogens (tertiary/aromatic N) is 1. The van der Waals surface area contributed by atoms with Crippen molar-refractivity contribution >= 4 is 28.9 Å². The molecule has 118 valence electrons. The lowest BCUT2D eigenvalue weighted by molar-refractivity contribution is -0.116. The van der Waals surface area contributed by atoms with E-state index in [0.29, 0.717) is 35.4 Å². The van der Waals surface area contributed by atoms with Crippen LogP contribution in [0.4, 0.5) is 11.4 Å². The first-order valence-electron chi connectivity index (χ1n) is 7.16. The summed E-state index contributed by atoms with van der Waals surface area (Å²) in [4.78, 5) is 14.2.